The summed E-state index contributed by atoms with van der Waals surface area (Å²) in [4.78, 5) is 11.2. The monoisotopic (exact) mass is 330 g/mol. The van der Waals surface area contributed by atoms with Crippen molar-refractivity contribution in [2.24, 2.45) is 0 Å². The molecular weight excluding hydrogens is 292 g/mol. The van der Waals surface area contributed by atoms with Crippen LogP contribution in [0.1, 0.15) is 103 Å². The van der Waals surface area contributed by atoms with E-state index in [0.717, 1.165) is 12.8 Å². The second-order valence-electron chi connectivity index (χ2n) is 6.42. The van der Waals surface area contributed by atoms with E-state index in [0.29, 0.717) is 0 Å². The van der Waals surface area contributed by atoms with Crippen LogP contribution in [0, 0.1) is 0 Å². The maximum atomic E-state index is 11.2. The first-order valence-electron chi connectivity index (χ1n) is 9.48. The van der Waals surface area contributed by atoms with Gasteiger partial charge in [-0.05, 0) is 6.42 Å². The van der Waals surface area contributed by atoms with Crippen molar-refractivity contribution in [3.63, 3.8) is 0 Å². The van der Waals surface area contributed by atoms with Gasteiger partial charge in [-0.25, -0.2) is 0 Å². The maximum Gasteiger partial charge on any atom is 0.318 e. The second kappa shape index (κ2) is 17.2. The third-order valence-corrected chi connectivity index (χ3v) is 4.77. The van der Waals surface area contributed by atoms with Crippen molar-refractivity contribution in [1.82, 2.24) is 0 Å². The average Bonchev–Trinajstić information content (AvgIpc) is 2.54. The lowest BCUT2D eigenvalue weighted by molar-refractivity contribution is -0.140. The Morgan fingerprint density at radius 3 is 1.50 bits per heavy atom. The molecule has 0 aromatic heterocycles. The van der Waals surface area contributed by atoms with E-state index in [1.54, 1.807) is 0 Å². The van der Waals surface area contributed by atoms with Crippen LogP contribution in [0.15, 0.2) is 0 Å². The number of hydrogen-bond donors (Lipinski definition) is 1. The summed E-state index contributed by atoms with van der Waals surface area (Å²) in [5.41, 5.74) is 0. The van der Waals surface area contributed by atoms with E-state index in [1.165, 1.54) is 90.6 Å². The Hall–Kier alpha value is -0.180. The topological polar surface area (TPSA) is 26.3 Å². The minimum Gasteiger partial charge on any atom is -0.468 e. The highest BCUT2D eigenvalue weighted by Crippen LogP contribution is 2.15. The fraction of sp³-hybridized carbons (Fsp3) is 0.947. The van der Waals surface area contributed by atoms with Crippen LogP contribution in [0.4, 0.5) is 0 Å². The lowest BCUT2D eigenvalue weighted by Crippen LogP contribution is -2.15. The minimum atomic E-state index is -0.234. The van der Waals surface area contributed by atoms with Gasteiger partial charge in [-0.1, -0.05) is 96.8 Å². The predicted molar refractivity (Wildman–Crippen MR) is 99.7 cm³/mol. The van der Waals surface area contributed by atoms with E-state index < -0.39 is 0 Å². The summed E-state index contributed by atoms with van der Waals surface area (Å²) in [5, 5.41) is -0.234. The first-order chi connectivity index (χ1) is 10.7. The molecule has 0 aliphatic heterocycles. The quantitative estimate of drug-likeness (QED) is 0.203. The summed E-state index contributed by atoms with van der Waals surface area (Å²) in [6.45, 7) is 2.27. The van der Waals surface area contributed by atoms with E-state index >= 15 is 0 Å². The lowest BCUT2D eigenvalue weighted by Gasteiger charge is -2.07. The lowest BCUT2D eigenvalue weighted by atomic mass is 10.0. The molecule has 0 aliphatic carbocycles. The SMILES string of the molecule is CCCCCCCCCCCCCCCCC(S)C(=O)OC. The van der Waals surface area contributed by atoms with Crippen molar-refractivity contribution >= 4 is 18.6 Å². The molecule has 22 heavy (non-hydrogen) atoms. The molecule has 0 N–H and O–H groups in total. The van der Waals surface area contributed by atoms with Crippen LogP contribution < -0.4 is 0 Å². The summed E-state index contributed by atoms with van der Waals surface area (Å²) in [7, 11) is 1.43. The normalized spacial score (nSPS) is 12.3. The number of methoxy groups -OCH3 is 1. The highest BCUT2D eigenvalue weighted by atomic mass is 32.1. The van der Waals surface area contributed by atoms with Crippen LogP contribution in [0.2, 0.25) is 0 Å². The summed E-state index contributed by atoms with van der Waals surface area (Å²) >= 11 is 4.25. The Labute approximate surface area is 144 Å². The van der Waals surface area contributed by atoms with Crippen molar-refractivity contribution in [3.8, 4) is 0 Å². The smallest absolute Gasteiger partial charge is 0.318 e. The van der Waals surface area contributed by atoms with Gasteiger partial charge in [0.15, 0.2) is 0 Å². The number of rotatable bonds is 16. The number of ether oxygens (including phenoxy) is 1. The van der Waals surface area contributed by atoms with Gasteiger partial charge in [-0.3, -0.25) is 4.79 Å². The Balaban J connectivity index is 3.10. The van der Waals surface area contributed by atoms with Crippen LogP contribution in [0.3, 0.4) is 0 Å². The Morgan fingerprint density at radius 2 is 1.14 bits per heavy atom. The average molecular weight is 331 g/mol. The Morgan fingerprint density at radius 1 is 0.773 bits per heavy atom. The van der Waals surface area contributed by atoms with Gasteiger partial charge in [0, 0.05) is 0 Å². The van der Waals surface area contributed by atoms with Crippen molar-refractivity contribution in [2.45, 2.75) is 108 Å². The molecule has 0 amide bonds. The zero-order valence-electron chi connectivity index (χ0n) is 14.9. The molecule has 2 nitrogen and oxygen atoms in total. The van der Waals surface area contributed by atoms with E-state index in [9.17, 15) is 4.79 Å². The molecule has 0 heterocycles. The van der Waals surface area contributed by atoms with Gasteiger partial charge < -0.3 is 4.74 Å². The minimum absolute atomic E-state index is 0.196. The van der Waals surface area contributed by atoms with E-state index in [4.69, 9.17) is 0 Å². The molecule has 0 bridgehead atoms. The van der Waals surface area contributed by atoms with Crippen LogP contribution in [-0.2, 0) is 9.53 Å². The fourth-order valence-corrected chi connectivity index (χ4v) is 3.07. The summed E-state index contributed by atoms with van der Waals surface area (Å²) in [5.74, 6) is -0.196. The summed E-state index contributed by atoms with van der Waals surface area (Å²) in [6.07, 6.45) is 19.9. The van der Waals surface area contributed by atoms with Crippen molar-refractivity contribution in [1.29, 1.82) is 0 Å². The predicted octanol–water partition coefficient (Wildman–Crippen LogP) is 6.33. The molecule has 0 radical (unpaired) electrons. The number of carbonyl (C=O) groups is 1. The van der Waals surface area contributed by atoms with Crippen LogP contribution in [-0.4, -0.2) is 18.3 Å². The zero-order chi connectivity index (χ0) is 16.5. The third-order valence-electron chi connectivity index (χ3n) is 4.30. The van der Waals surface area contributed by atoms with Crippen LogP contribution in [0.5, 0.6) is 0 Å². The van der Waals surface area contributed by atoms with Gasteiger partial charge in [0.25, 0.3) is 0 Å². The highest BCUT2D eigenvalue weighted by Gasteiger charge is 2.12. The molecule has 0 aromatic rings. The Bertz CT molecular complexity index is 244. The first kappa shape index (κ1) is 21.8. The van der Waals surface area contributed by atoms with E-state index in [2.05, 4.69) is 24.3 Å². The number of thiol groups is 1. The molecule has 0 saturated heterocycles. The number of carbonyl (C=O) groups excluding carboxylic acids is 1. The molecular formula is C19H38O2S. The maximum absolute atomic E-state index is 11.2. The van der Waals surface area contributed by atoms with Gasteiger partial charge >= 0.3 is 5.97 Å². The molecule has 0 spiro atoms. The van der Waals surface area contributed by atoms with Crippen LogP contribution in [0.25, 0.3) is 0 Å². The van der Waals surface area contributed by atoms with Crippen molar-refractivity contribution in [3.05, 3.63) is 0 Å². The van der Waals surface area contributed by atoms with Gasteiger partial charge in [0.1, 0.15) is 0 Å². The third kappa shape index (κ3) is 14.7. The van der Waals surface area contributed by atoms with E-state index in [-0.39, 0.29) is 11.2 Å². The summed E-state index contributed by atoms with van der Waals surface area (Å²) in [6, 6.07) is 0. The largest absolute Gasteiger partial charge is 0.468 e. The molecule has 0 saturated carbocycles. The molecule has 0 aliphatic rings. The fourth-order valence-electron chi connectivity index (χ4n) is 2.79. The zero-order valence-corrected chi connectivity index (χ0v) is 15.8. The first-order valence-corrected chi connectivity index (χ1v) is 10.00. The van der Waals surface area contributed by atoms with E-state index in [1.807, 2.05) is 0 Å². The molecule has 1 atom stereocenters. The van der Waals surface area contributed by atoms with Gasteiger partial charge in [0.2, 0.25) is 0 Å². The number of hydrogen-bond acceptors (Lipinski definition) is 3. The molecule has 0 fully saturated rings. The number of unbranched alkanes of at least 4 members (excludes halogenated alkanes) is 13. The van der Waals surface area contributed by atoms with Gasteiger partial charge in [-0.2, -0.15) is 12.6 Å². The number of esters is 1. The second-order valence-corrected chi connectivity index (χ2v) is 7.05. The van der Waals surface area contributed by atoms with Crippen LogP contribution >= 0.6 is 12.6 Å². The van der Waals surface area contributed by atoms with Gasteiger partial charge in [-0.15, -0.1) is 0 Å². The molecule has 0 rings (SSSR count). The highest BCUT2D eigenvalue weighted by molar-refractivity contribution is 7.81. The van der Waals surface area contributed by atoms with Crippen molar-refractivity contribution < 1.29 is 9.53 Å². The summed E-state index contributed by atoms with van der Waals surface area (Å²) < 4.78 is 4.67. The molecule has 132 valence electrons. The standard InChI is InChI=1S/C19H38O2S/c1-3-4-5-6-7-8-9-10-11-12-13-14-15-16-17-18(22)19(20)21-2/h18,22H,3-17H2,1-2H3. The Kier molecular flexibility index (Phi) is 17.0. The molecule has 0 aromatic carbocycles. The van der Waals surface area contributed by atoms with Gasteiger partial charge in [0.05, 0.1) is 12.4 Å². The molecule has 3 heteroatoms. The van der Waals surface area contributed by atoms with Crippen molar-refractivity contribution in [2.75, 3.05) is 7.11 Å². The molecule has 1 unspecified atom stereocenters.